The first-order valence-electron chi connectivity index (χ1n) is 6.62. The SMILES string of the molecule is N#C/C(C(=S)Nc1ccccc1)=C1\NC(=O)c2ccccc21. The van der Waals surface area contributed by atoms with Crippen LogP contribution in [0.2, 0.25) is 0 Å². The minimum absolute atomic E-state index is 0.221. The molecule has 0 unspecified atom stereocenters. The van der Waals surface area contributed by atoms with Crippen molar-refractivity contribution in [3.63, 3.8) is 0 Å². The van der Waals surface area contributed by atoms with E-state index in [1.54, 1.807) is 18.2 Å². The van der Waals surface area contributed by atoms with Crippen LogP contribution < -0.4 is 10.6 Å². The van der Waals surface area contributed by atoms with Crippen LogP contribution >= 0.6 is 12.2 Å². The van der Waals surface area contributed by atoms with Gasteiger partial charge in [-0.1, -0.05) is 48.6 Å². The molecule has 0 bridgehead atoms. The Hall–Kier alpha value is -2.97. The number of nitrogens with zero attached hydrogens (tertiary/aromatic N) is 1. The predicted octanol–water partition coefficient (Wildman–Crippen LogP) is 3.10. The van der Waals surface area contributed by atoms with Gasteiger partial charge in [0.25, 0.3) is 5.91 Å². The average Bonchev–Trinajstić information content (AvgIpc) is 2.87. The minimum Gasteiger partial charge on any atom is -0.345 e. The van der Waals surface area contributed by atoms with Crippen molar-refractivity contribution in [2.75, 3.05) is 5.32 Å². The maximum atomic E-state index is 12.0. The van der Waals surface area contributed by atoms with E-state index in [1.165, 1.54) is 0 Å². The highest BCUT2D eigenvalue weighted by Gasteiger charge is 2.27. The van der Waals surface area contributed by atoms with E-state index in [1.807, 2.05) is 36.4 Å². The Labute approximate surface area is 133 Å². The molecule has 1 aliphatic rings. The van der Waals surface area contributed by atoms with E-state index < -0.39 is 0 Å². The number of fused-ring (bicyclic) bond motifs is 1. The van der Waals surface area contributed by atoms with Crippen LogP contribution in [0.5, 0.6) is 0 Å². The summed E-state index contributed by atoms with van der Waals surface area (Å²) in [7, 11) is 0. The largest absolute Gasteiger partial charge is 0.345 e. The maximum Gasteiger partial charge on any atom is 0.256 e. The van der Waals surface area contributed by atoms with Crippen molar-refractivity contribution in [3.05, 3.63) is 71.3 Å². The van der Waals surface area contributed by atoms with E-state index in [4.69, 9.17) is 12.2 Å². The van der Waals surface area contributed by atoms with Crippen LogP contribution in [-0.2, 0) is 0 Å². The third-order valence-electron chi connectivity index (χ3n) is 3.30. The molecule has 0 atom stereocenters. The van der Waals surface area contributed by atoms with E-state index in [0.29, 0.717) is 16.8 Å². The van der Waals surface area contributed by atoms with Crippen molar-refractivity contribution in [2.45, 2.75) is 0 Å². The summed E-state index contributed by atoms with van der Waals surface area (Å²) in [6.07, 6.45) is 0. The summed E-state index contributed by atoms with van der Waals surface area (Å²) in [5.74, 6) is -0.221. The summed E-state index contributed by atoms with van der Waals surface area (Å²) in [6.45, 7) is 0. The molecule has 0 saturated carbocycles. The molecule has 5 heteroatoms. The van der Waals surface area contributed by atoms with Crippen molar-refractivity contribution in [2.24, 2.45) is 0 Å². The van der Waals surface area contributed by atoms with Gasteiger partial charge in [-0.05, 0) is 18.2 Å². The summed E-state index contributed by atoms with van der Waals surface area (Å²) in [6, 6.07) is 18.6. The van der Waals surface area contributed by atoms with Gasteiger partial charge in [0.2, 0.25) is 0 Å². The van der Waals surface area contributed by atoms with E-state index in [9.17, 15) is 10.1 Å². The zero-order chi connectivity index (χ0) is 15.5. The monoisotopic (exact) mass is 305 g/mol. The van der Waals surface area contributed by atoms with E-state index in [2.05, 4.69) is 16.7 Å². The van der Waals surface area contributed by atoms with Crippen LogP contribution in [0, 0.1) is 11.3 Å². The molecule has 106 valence electrons. The number of anilines is 1. The quantitative estimate of drug-likeness (QED) is 0.508. The summed E-state index contributed by atoms with van der Waals surface area (Å²) in [5.41, 5.74) is 2.74. The van der Waals surface area contributed by atoms with Crippen LogP contribution in [0.4, 0.5) is 5.69 Å². The van der Waals surface area contributed by atoms with Gasteiger partial charge in [0.1, 0.15) is 16.6 Å². The molecular formula is C17H11N3OS. The molecule has 1 aliphatic heterocycles. The molecule has 0 aliphatic carbocycles. The van der Waals surface area contributed by atoms with Crippen molar-refractivity contribution >= 4 is 34.5 Å². The fraction of sp³-hybridized carbons (Fsp3) is 0. The third kappa shape index (κ3) is 2.48. The predicted molar refractivity (Wildman–Crippen MR) is 89.1 cm³/mol. The molecule has 0 saturated heterocycles. The molecular weight excluding hydrogens is 294 g/mol. The number of amides is 1. The zero-order valence-electron chi connectivity index (χ0n) is 11.5. The first-order valence-corrected chi connectivity index (χ1v) is 7.03. The number of nitriles is 1. The van der Waals surface area contributed by atoms with Crippen molar-refractivity contribution in [3.8, 4) is 6.07 Å². The molecule has 0 aromatic heterocycles. The van der Waals surface area contributed by atoms with Crippen LogP contribution in [-0.4, -0.2) is 10.9 Å². The molecule has 3 rings (SSSR count). The fourth-order valence-electron chi connectivity index (χ4n) is 2.28. The highest BCUT2D eigenvalue weighted by molar-refractivity contribution is 7.81. The molecule has 4 nitrogen and oxygen atoms in total. The summed E-state index contributed by atoms with van der Waals surface area (Å²) in [5, 5.41) is 15.2. The van der Waals surface area contributed by atoms with Gasteiger partial charge in [-0.15, -0.1) is 0 Å². The van der Waals surface area contributed by atoms with Crippen LogP contribution in [0.25, 0.3) is 5.70 Å². The van der Waals surface area contributed by atoms with Gasteiger partial charge in [-0.3, -0.25) is 4.79 Å². The number of carbonyl (C=O) groups excluding carboxylic acids is 1. The van der Waals surface area contributed by atoms with Crippen molar-refractivity contribution in [1.29, 1.82) is 5.26 Å². The first kappa shape index (κ1) is 14.0. The Morgan fingerprint density at radius 2 is 1.68 bits per heavy atom. The zero-order valence-corrected chi connectivity index (χ0v) is 12.3. The summed E-state index contributed by atoms with van der Waals surface area (Å²) < 4.78 is 0. The van der Waals surface area contributed by atoms with E-state index in [0.717, 1.165) is 5.69 Å². The Balaban J connectivity index is 2.00. The average molecular weight is 305 g/mol. The molecule has 0 radical (unpaired) electrons. The Morgan fingerprint density at radius 1 is 1.05 bits per heavy atom. The number of thiocarbonyl (C=S) groups is 1. The van der Waals surface area contributed by atoms with Crippen molar-refractivity contribution in [1.82, 2.24) is 5.32 Å². The second kappa shape index (κ2) is 5.80. The molecule has 2 aromatic carbocycles. The number of carbonyl (C=O) groups is 1. The lowest BCUT2D eigenvalue weighted by Gasteiger charge is -2.09. The molecule has 0 spiro atoms. The standard InChI is InChI=1S/C17H11N3OS/c18-10-14(17(22)19-11-6-2-1-3-7-11)15-12-8-4-5-9-13(12)16(21)20-15/h1-9H,(H,19,22)(H,20,21)/b15-14+. The highest BCUT2D eigenvalue weighted by atomic mass is 32.1. The molecule has 1 heterocycles. The van der Waals surface area contributed by atoms with Gasteiger partial charge in [0.05, 0.1) is 5.70 Å². The van der Waals surface area contributed by atoms with Crippen LogP contribution in [0.1, 0.15) is 15.9 Å². The Kier molecular flexibility index (Phi) is 3.69. The molecule has 22 heavy (non-hydrogen) atoms. The van der Waals surface area contributed by atoms with Crippen molar-refractivity contribution < 1.29 is 4.79 Å². The van der Waals surface area contributed by atoms with E-state index in [-0.39, 0.29) is 16.5 Å². The van der Waals surface area contributed by atoms with Crippen LogP contribution in [0.3, 0.4) is 0 Å². The second-order valence-corrected chi connectivity index (χ2v) is 5.09. The second-order valence-electron chi connectivity index (χ2n) is 4.68. The number of hydrogen-bond donors (Lipinski definition) is 2. The number of hydrogen-bond acceptors (Lipinski definition) is 3. The van der Waals surface area contributed by atoms with Gasteiger partial charge in [-0.25, -0.2) is 0 Å². The number of nitrogens with one attached hydrogen (secondary N) is 2. The molecule has 0 fully saturated rings. The first-order chi connectivity index (χ1) is 10.7. The van der Waals surface area contributed by atoms with E-state index >= 15 is 0 Å². The van der Waals surface area contributed by atoms with Gasteiger partial charge >= 0.3 is 0 Å². The Bertz CT molecular complexity index is 834. The van der Waals surface area contributed by atoms with Gasteiger partial charge < -0.3 is 10.6 Å². The lowest BCUT2D eigenvalue weighted by atomic mass is 10.0. The van der Waals surface area contributed by atoms with Crippen LogP contribution in [0.15, 0.2) is 60.2 Å². The normalized spacial score (nSPS) is 14.6. The van der Waals surface area contributed by atoms with Gasteiger partial charge in [-0.2, -0.15) is 5.26 Å². The highest BCUT2D eigenvalue weighted by Crippen LogP contribution is 2.27. The lowest BCUT2D eigenvalue weighted by molar-refractivity contribution is 0.0981. The summed E-state index contributed by atoms with van der Waals surface area (Å²) >= 11 is 5.32. The lowest BCUT2D eigenvalue weighted by Crippen LogP contribution is -2.18. The smallest absolute Gasteiger partial charge is 0.256 e. The maximum absolute atomic E-state index is 12.0. The van der Waals surface area contributed by atoms with Gasteiger partial charge in [0, 0.05) is 16.8 Å². The third-order valence-corrected chi connectivity index (χ3v) is 3.61. The number of rotatable bonds is 2. The topological polar surface area (TPSA) is 64.9 Å². The summed E-state index contributed by atoms with van der Waals surface area (Å²) in [4.78, 5) is 12.2. The minimum atomic E-state index is -0.221. The Morgan fingerprint density at radius 3 is 2.36 bits per heavy atom. The number of benzene rings is 2. The molecule has 2 N–H and O–H groups in total. The molecule has 2 aromatic rings. The molecule has 1 amide bonds. The van der Waals surface area contributed by atoms with Gasteiger partial charge in [0.15, 0.2) is 0 Å². The fourth-order valence-corrected chi connectivity index (χ4v) is 2.55. The number of para-hydroxylation sites is 1.